The highest BCUT2D eigenvalue weighted by Crippen LogP contribution is 2.37. The SMILES string of the molecule is O=C1CC2(CCN(Cc3ccc(F)cc3F)CC2)CN1. The number of carbonyl (C=O) groups excluding carboxylic acids is 1. The van der Waals surface area contributed by atoms with Crippen molar-refractivity contribution in [2.45, 2.75) is 25.8 Å². The third-order valence-corrected chi connectivity index (χ3v) is 4.52. The van der Waals surface area contributed by atoms with Crippen LogP contribution in [0.5, 0.6) is 0 Å². The molecule has 0 unspecified atom stereocenters. The van der Waals surface area contributed by atoms with Gasteiger partial charge in [-0.25, -0.2) is 8.78 Å². The van der Waals surface area contributed by atoms with Gasteiger partial charge in [-0.2, -0.15) is 0 Å². The van der Waals surface area contributed by atoms with Gasteiger partial charge in [0.1, 0.15) is 11.6 Å². The van der Waals surface area contributed by atoms with E-state index in [4.69, 9.17) is 0 Å². The van der Waals surface area contributed by atoms with E-state index in [2.05, 4.69) is 10.2 Å². The first-order valence-electron chi connectivity index (χ1n) is 6.99. The predicted octanol–water partition coefficient (Wildman–Crippen LogP) is 2.07. The van der Waals surface area contributed by atoms with Gasteiger partial charge in [-0.3, -0.25) is 9.69 Å². The third kappa shape index (κ3) is 2.68. The topological polar surface area (TPSA) is 32.3 Å². The summed E-state index contributed by atoms with van der Waals surface area (Å²) in [5.41, 5.74) is 0.637. The lowest BCUT2D eigenvalue weighted by Gasteiger charge is -2.38. The van der Waals surface area contributed by atoms with Gasteiger partial charge in [0.15, 0.2) is 0 Å². The second-order valence-electron chi connectivity index (χ2n) is 5.97. The van der Waals surface area contributed by atoms with Crippen molar-refractivity contribution in [3.63, 3.8) is 0 Å². The summed E-state index contributed by atoms with van der Waals surface area (Å²) < 4.78 is 26.5. The summed E-state index contributed by atoms with van der Waals surface area (Å²) in [5, 5.41) is 2.90. The van der Waals surface area contributed by atoms with Gasteiger partial charge in [0.05, 0.1) is 0 Å². The van der Waals surface area contributed by atoms with Crippen molar-refractivity contribution >= 4 is 5.91 Å². The van der Waals surface area contributed by atoms with E-state index in [1.807, 2.05) is 0 Å². The number of nitrogens with one attached hydrogen (secondary N) is 1. The first-order valence-corrected chi connectivity index (χ1v) is 6.99. The molecule has 0 bridgehead atoms. The summed E-state index contributed by atoms with van der Waals surface area (Å²) in [6.45, 7) is 2.98. The van der Waals surface area contributed by atoms with Crippen LogP contribution in [0.3, 0.4) is 0 Å². The fourth-order valence-electron chi connectivity index (χ4n) is 3.18. The molecule has 2 fully saturated rings. The Labute approximate surface area is 117 Å². The molecule has 1 amide bonds. The highest BCUT2D eigenvalue weighted by molar-refractivity contribution is 5.79. The van der Waals surface area contributed by atoms with Crippen LogP contribution in [0.25, 0.3) is 0 Å². The Kier molecular flexibility index (Phi) is 3.46. The second kappa shape index (κ2) is 5.13. The lowest BCUT2D eigenvalue weighted by Crippen LogP contribution is -2.40. The molecule has 1 spiro atoms. The number of likely N-dealkylation sites (tertiary alicyclic amines) is 1. The Morgan fingerprint density at radius 2 is 2.00 bits per heavy atom. The Morgan fingerprint density at radius 3 is 2.60 bits per heavy atom. The maximum Gasteiger partial charge on any atom is 0.220 e. The maximum atomic E-state index is 13.6. The molecule has 1 aromatic carbocycles. The van der Waals surface area contributed by atoms with Crippen molar-refractivity contribution < 1.29 is 13.6 Å². The van der Waals surface area contributed by atoms with Crippen LogP contribution < -0.4 is 5.32 Å². The number of halogens is 2. The lowest BCUT2D eigenvalue weighted by atomic mass is 9.77. The average Bonchev–Trinajstić information content (AvgIpc) is 2.77. The molecule has 2 aliphatic heterocycles. The fraction of sp³-hybridized carbons (Fsp3) is 0.533. The van der Waals surface area contributed by atoms with Gasteiger partial charge in [0.25, 0.3) is 0 Å². The molecule has 0 aliphatic carbocycles. The van der Waals surface area contributed by atoms with E-state index < -0.39 is 11.6 Å². The summed E-state index contributed by atoms with van der Waals surface area (Å²) in [5.74, 6) is -0.884. The average molecular weight is 280 g/mol. The Bertz CT molecular complexity index is 525. The maximum absolute atomic E-state index is 13.6. The smallest absolute Gasteiger partial charge is 0.220 e. The largest absolute Gasteiger partial charge is 0.356 e. The highest BCUT2D eigenvalue weighted by atomic mass is 19.1. The van der Waals surface area contributed by atoms with Crippen LogP contribution in [-0.2, 0) is 11.3 Å². The number of benzene rings is 1. The van der Waals surface area contributed by atoms with Gasteiger partial charge in [-0.15, -0.1) is 0 Å². The molecule has 1 aromatic rings. The summed E-state index contributed by atoms with van der Waals surface area (Å²) in [7, 11) is 0. The number of rotatable bonds is 2. The zero-order chi connectivity index (χ0) is 14.2. The van der Waals surface area contributed by atoms with Crippen molar-refractivity contribution in [3.05, 3.63) is 35.4 Å². The molecular formula is C15H18F2N2O. The third-order valence-electron chi connectivity index (χ3n) is 4.52. The van der Waals surface area contributed by atoms with Gasteiger partial charge >= 0.3 is 0 Å². The first kappa shape index (κ1) is 13.5. The van der Waals surface area contributed by atoms with Gasteiger partial charge < -0.3 is 5.32 Å². The van der Waals surface area contributed by atoms with Crippen LogP contribution in [0.4, 0.5) is 8.78 Å². The Morgan fingerprint density at radius 1 is 1.25 bits per heavy atom. The van der Waals surface area contributed by atoms with E-state index in [0.29, 0.717) is 18.5 Å². The van der Waals surface area contributed by atoms with E-state index in [1.165, 1.54) is 12.1 Å². The molecule has 20 heavy (non-hydrogen) atoms. The number of hydrogen-bond donors (Lipinski definition) is 1. The highest BCUT2D eigenvalue weighted by Gasteiger charge is 2.40. The van der Waals surface area contributed by atoms with Gasteiger partial charge in [-0.1, -0.05) is 6.07 Å². The van der Waals surface area contributed by atoms with Crippen molar-refractivity contribution in [2.24, 2.45) is 5.41 Å². The fourth-order valence-corrected chi connectivity index (χ4v) is 3.18. The monoisotopic (exact) mass is 280 g/mol. The number of piperidine rings is 1. The van der Waals surface area contributed by atoms with Crippen LogP contribution in [0, 0.1) is 17.0 Å². The van der Waals surface area contributed by atoms with Gasteiger partial charge in [-0.05, 0) is 37.4 Å². The Balaban J connectivity index is 1.60. The number of amides is 1. The van der Waals surface area contributed by atoms with Crippen LogP contribution >= 0.6 is 0 Å². The van der Waals surface area contributed by atoms with Gasteiger partial charge in [0.2, 0.25) is 5.91 Å². The predicted molar refractivity (Wildman–Crippen MR) is 70.9 cm³/mol. The normalized spacial score (nSPS) is 22.2. The molecule has 1 N–H and O–H groups in total. The van der Waals surface area contributed by atoms with Crippen molar-refractivity contribution in [1.29, 1.82) is 0 Å². The number of carbonyl (C=O) groups is 1. The molecule has 2 heterocycles. The van der Waals surface area contributed by atoms with E-state index in [9.17, 15) is 13.6 Å². The van der Waals surface area contributed by atoms with Crippen LogP contribution in [0.2, 0.25) is 0 Å². The zero-order valence-electron chi connectivity index (χ0n) is 11.3. The minimum atomic E-state index is -0.542. The summed E-state index contributed by atoms with van der Waals surface area (Å²) in [6, 6.07) is 3.74. The quantitative estimate of drug-likeness (QED) is 0.899. The first-order chi connectivity index (χ1) is 9.56. The molecule has 5 heteroatoms. The molecule has 0 atom stereocenters. The van der Waals surface area contributed by atoms with Crippen molar-refractivity contribution in [1.82, 2.24) is 10.2 Å². The molecule has 3 rings (SSSR count). The van der Waals surface area contributed by atoms with E-state index in [1.54, 1.807) is 0 Å². The standard InChI is InChI=1S/C15H18F2N2O/c16-12-2-1-11(13(17)7-12)9-19-5-3-15(4-6-19)8-14(20)18-10-15/h1-2,7H,3-6,8-10H2,(H,18,20). The summed E-state index contributed by atoms with van der Waals surface area (Å²) in [4.78, 5) is 13.5. The van der Waals surface area contributed by atoms with Crippen molar-refractivity contribution in [3.8, 4) is 0 Å². The van der Waals surface area contributed by atoms with E-state index in [-0.39, 0.29) is 11.3 Å². The van der Waals surface area contributed by atoms with Crippen LogP contribution in [0.15, 0.2) is 18.2 Å². The van der Waals surface area contributed by atoms with Crippen LogP contribution in [0.1, 0.15) is 24.8 Å². The summed E-state index contributed by atoms with van der Waals surface area (Å²) >= 11 is 0. The second-order valence-corrected chi connectivity index (χ2v) is 5.97. The molecule has 108 valence electrons. The van der Waals surface area contributed by atoms with E-state index in [0.717, 1.165) is 38.5 Å². The molecular weight excluding hydrogens is 262 g/mol. The van der Waals surface area contributed by atoms with Gasteiger partial charge in [0, 0.05) is 31.1 Å². The lowest BCUT2D eigenvalue weighted by molar-refractivity contribution is -0.119. The molecule has 0 aromatic heterocycles. The van der Waals surface area contributed by atoms with Crippen molar-refractivity contribution in [2.75, 3.05) is 19.6 Å². The molecule has 2 aliphatic rings. The minimum absolute atomic E-state index is 0.106. The molecule has 0 saturated carbocycles. The molecule has 0 radical (unpaired) electrons. The zero-order valence-corrected chi connectivity index (χ0v) is 11.3. The summed E-state index contributed by atoms with van der Waals surface area (Å²) in [6.07, 6.45) is 2.52. The number of nitrogens with zero attached hydrogens (tertiary/aromatic N) is 1. The molecule has 2 saturated heterocycles. The number of hydrogen-bond acceptors (Lipinski definition) is 2. The van der Waals surface area contributed by atoms with Crippen LogP contribution in [-0.4, -0.2) is 30.4 Å². The molecule has 3 nitrogen and oxygen atoms in total. The minimum Gasteiger partial charge on any atom is -0.356 e. The Hall–Kier alpha value is -1.49. The van der Waals surface area contributed by atoms with E-state index >= 15 is 0 Å².